The van der Waals surface area contributed by atoms with Crippen LogP contribution in [0.1, 0.15) is 18.9 Å². The molecular weight excluding hydrogens is 275 g/mol. The standard InChI is InChI=1S/C12H16Cl2O2Si/c1-10(15)16-12-7-5-11(6-8-12)4-3-9-17(2,13)14/h5-8H,3-4,9H2,1-2H3. The largest absolute Gasteiger partial charge is 0.427 e. The zero-order valence-corrected chi connectivity index (χ0v) is 12.5. The molecule has 0 atom stereocenters. The van der Waals surface area contributed by atoms with E-state index in [0.717, 1.165) is 18.9 Å². The molecule has 1 aromatic carbocycles. The molecule has 0 unspecified atom stereocenters. The summed E-state index contributed by atoms with van der Waals surface area (Å²) in [4.78, 5) is 10.7. The Morgan fingerprint density at radius 1 is 1.29 bits per heavy atom. The SMILES string of the molecule is CC(=O)Oc1ccc(CCC[Si](C)(Cl)Cl)cc1. The molecule has 0 radical (unpaired) electrons. The second-order valence-electron chi connectivity index (χ2n) is 4.16. The summed E-state index contributed by atoms with van der Waals surface area (Å²) in [6, 6.07) is 8.41. The Morgan fingerprint density at radius 3 is 2.35 bits per heavy atom. The van der Waals surface area contributed by atoms with E-state index in [1.54, 1.807) is 12.1 Å². The van der Waals surface area contributed by atoms with Crippen LogP contribution in [-0.4, -0.2) is 12.7 Å². The highest BCUT2D eigenvalue weighted by atomic mass is 35.7. The number of aryl methyl sites for hydroxylation is 1. The third-order valence-electron chi connectivity index (χ3n) is 2.27. The van der Waals surface area contributed by atoms with Crippen molar-refractivity contribution < 1.29 is 9.53 Å². The second-order valence-corrected chi connectivity index (χ2v) is 12.4. The Balaban J connectivity index is 2.43. The predicted octanol–water partition coefficient (Wildman–Crippen LogP) is 4.09. The van der Waals surface area contributed by atoms with Crippen molar-refractivity contribution >= 4 is 34.8 Å². The maximum atomic E-state index is 10.7. The molecule has 0 fully saturated rings. The van der Waals surface area contributed by atoms with Gasteiger partial charge in [0, 0.05) is 6.92 Å². The first-order chi connectivity index (χ1) is 7.87. The summed E-state index contributed by atoms with van der Waals surface area (Å²) >= 11 is 12.1. The minimum absolute atomic E-state index is 0.302. The van der Waals surface area contributed by atoms with Crippen LogP contribution < -0.4 is 4.74 Å². The molecule has 1 aromatic rings. The van der Waals surface area contributed by atoms with Gasteiger partial charge in [-0.2, -0.15) is 0 Å². The molecule has 0 amide bonds. The smallest absolute Gasteiger partial charge is 0.308 e. The summed E-state index contributed by atoms with van der Waals surface area (Å²) < 4.78 is 4.95. The van der Waals surface area contributed by atoms with Crippen molar-refractivity contribution in [3.05, 3.63) is 29.8 Å². The molecular formula is C12H16Cl2O2Si. The summed E-state index contributed by atoms with van der Waals surface area (Å²) in [5, 5.41) is 0. The number of hydrogen-bond donors (Lipinski definition) is 0. The highest BCUT2D eigenvalue weighted by Gasteiger charge is 2.19. The van der Waals surface area contributed by atoms with Crippen molar-refractivity contribution in [2.75, 3.05) is 0 Å². The molecule has 94 valence electrons. The highest BCUT2D eigenvalue weighted by Crippen LogP contribution is 2.23. The van der Waals surface area contributed by atoms with Gasteiger partial charge in [0.25, 0.3) is 0 Å². The van der Waals surface area contributed by atoms with Gasteiger partial charge in [-0.1, -0.05) is 12.1 Å². The van der Waals surface area contributed by atoms with E-state index in [2.05, 4.69) is 0 Å². The fourth-order valence-electron chi connectivity index (χ4n) is 1.49. The molecule has 0 aliphatic carbocycles. The van der Waals surface area contributed by atoms with Crippen LogP contribution in [-0.2, 0) is 11.2 Å². The van der Waals surface area contributed by atoms with Gasteiger partial charge in [0.2, 0.25) is 6.69 Å². The summed E-state index contributed by atoms with van der Waals surface area (Å²) in [7, 11) is 0. The highest BCUT2D eigenvalue weighted by molar-refractivity contribution is 7.44. The molecule has 0 aliphatic heterocycles. The van der Waals surface area contributed by atoms with Crippen molar-refractivity contribution in [1.29, 1.82) is 0 Å². The lowest BCUT2D eigenvalue weighted by atomic mass is 10.1. The van der Waals surface area contributed by atoms with Gasteiger partial charge in [-0.25, -0.2) is 0 Å². The topological polar surface area (TPSA) is 26.3 Å². The van der Waals surface area contributed by atoms with Crippen LogP contribution in [0, 0.1) is 0 Å². The lowest BCUT2D eigenvalue weighted by molar-refractivity contribution is -0.131. The summed E-state index contributed by atoms with van der Waals surface area (Å²) in [6.07, 6.45) is 1.94. The molecule has 17 heavy (non-hydrogen) atoms. The van der Waals surface area contributed by atoms with E-state index >= 15 is 0 Å². The molecule has 0 heterocycles. The molecule has 5 heteroatoms. The Kier molecular flexibility index (Phi) is 5.50. The van der Waals surface area contributed by atoms with E-state index in [4.69, 9.17) is 26.9 Å². The van der Waals surface area contributed by atoms with Crippen molar-refractivity contribution in [2.45, 2.75) is 32.4 Å². The van der Waals surface area contributed by atoms with Gasteiger partial charge < -0.3 is 4.74 Å². The normalized spacial score (nSPS) is 11.3. The Morgan fingerprint density at radius 2 is 1.88 bits per heavy atom. The van der Waals surface area contributed by atoms with Gasteiger partial charge in [0.15, 0.2) is 0 Å². The van der Waals surface area contributed by atoms with Gasteiger partial charge in [0.1, 0.15) is 5.75 Å². The van der Waals surface area contributed by atoms with E-state index in [1.165, 1.54) is 12.5 Å². The fraction of sp³-hybridized carbons (Fsp3) is 0.417. The first kappa shape index (κ1) is 14.5. The molecule has 0 saturated carbocycles. The van der Waals surface area contributed by atoms with Crippen LogP contribution in [0.25, 0.3) is 0 Å². The molecule has 0 aromatic heterocycles. The maximum Gasteiger partial charge on any atom is 0.308 e. The number of esters is 1. The van der Waals surface area contributed by atoms with Crippen molar-refractivity contribution in [1.82, 2.24) is 0 Å². The molecule has 1 rings (SSSR count). The average Bonchev–Trinajstić information content (AvgIpc) is 2.18. The minimum Gasteiger partial charge on any atom is -0.427 e. The van der Waals surface area contributed by atoms with E-state index in [9.17, 15) is 4.79 Å². The molecule has 2 nitrogen and oxygen atoms in total. The van der Waals surface area contributed by atoms with E-state index in [1.807, 2.05) is 18.7 Å². The fourth-order valence-corrected chi connectivity index (χ4v) is 3.09. The van der Waals surface area contributed by atoms with Crippen LogP contribution in [0.3, 0.4) is 0 Å². The number of carbonyl (C=O) groups is 1. The van der Waals surface area contributed by atoms with Crippen LogP contribution >= 0.6 is 22.2 Å². The number of hydrogen-bond acceptors (Lipinski definition) is 2. The molecule has 0 saturated heterocycles. The first-order valence-electron chi connectivity index (χ1n) is 5.52. The number of halogens is 2. The number of ether oxygens (including phenoxy) is 1. The molecule has 0 spiro atoms. The second kappa shape index (κ2) is 6.43. The lowest BCUT2D eigenvalue weighted by Gasteiger charge is -2.09. The van der Waals surface area contributed by atoms with E-state index in [-0.39, 0.29) is 5.97 Å². The van der Waals surface area contributed by atoms with Crippen LogP contribution in [0.5, 0.6) is 5.75 Å². The Hall–Kier alpha value is -0.513. The van der Waals surface area contributed by atoms with Crippen LogP contribution in [0.2, 0.25) is 12.6 Å². The first-order valence-corrected chi connectivity index (χ1v) is 10.2. The van der Waals surface area contributed by atoms with E-state index < -0.39 is 6.69 Å². The number of rotatable bonds is 5. The van der Waals surface area contributed by atoms with Crippen LogP contribution in [0.4, 0.5) is 0 Å². The summed E-state index contributed by atoms with van der Waals surface area (Å²) in [5.74, 6) is 0.277. The molecule has 0 aliphatic rings. The maximum absolute atomic E-state index is 10.7. The van der Waals surface area contributed by atoms with E-state index in [0.29, 0.717) is 5.75 Å². The lowest BCUT2D eigenvalue weighted by Crippen LogP contribution is -2.12. The van der Waals surface area contributed by atoms with Gasteiger partial charge in [-0.05, 0) is 43.1 Å². The number of benzene rings is 1. The third kappa shape index (κ3) is 6.71. The Bertz CT molecular complexity index is 371. The molecule has 0 bridgehead atoms. The van der Waals surface area contributed by atoms with Crippen molar-refractivity contribution in [3.63, 3.8) is 0 Å². The Labute approximate surface area is 112 Å². The zero-order valence-electron chi connectivity index (χ0n) is 10.0. The van der Waals surface area contributed by atoms with Crippen LogP contribution in [0.15, 0.2) is 24.3 Å². The van der Waals surface area contributed by atoms with Gasteiger partial charge in [0.05, 0.1) is 0 Å². The summed E-state index contributed by atoms with van der Waals surface area (Å²) in [6.45, 7) is 1.35. The minimum atomic E-state index is -1.97. The monoisotopic (exact) mass is 290 g/mol. The number of carbonyl (C=O) groups excluding carboxylic acids is 1. The average molecular weight is 291 g/mol. The summed E-state index contributed by atoms with van der Waals surface area (Å²) in [5.41, 5.74) is 1.20. The predicted molar refractivity (Wildman–Crippen MR) is 74.2 cm³/mol. The van der Waals surface area contributed by atoms with Gasteiger partial charge >= 0.3 is 5.97 Å². The zero-order chi connectivity index (χ0) is 12.9. The van der Waals surface area contributed by atoms with Crippen molar-refractivity contribution in [3.8, 4) is 5.75 Å². The van der Waals surface area contributed by atoms with Gasteiger partial charge in [-0.3, -0.25) is 4.79 Å². The molecule has 0 N–H and O–H groups in total. The quantitative estimate of drug-likeness (QED) is 0.353. The van der Waals surface area contributed by atoms with Crippen molar-refractivity contribution in [2.24, 2.45) is 0 Å². The van der Waals surface area contributed by atoms with Gasteiger partial charge in [-0.15, -0.1) is 22.2 Å². The third-order valence-corrected chi connectivity index (χ3v) is 4.63.